The van der Waals surface area contributed by atoms with Gasteiger partial charge in [-0.3, -0.25) is 4.79 Å². The summed E-state index contributed by atoms with van der Waals surface area (Å²) in [6.45, 7) is 0. The maximum atomic E-state index is 13.2. The fourth-order valence-electron chi connectivity index (χ4n) is 1.17. The summed E-state index contributed by atoms with van der Waals surface area (Å²) < 4.78 is 26.0. The summed E-state index contributed by atoms with van der Waals surface area (Å²) in [7, 11) is 0. The number of aliphatic carboxylic acids is 1. The molecule has 0 radical (unpaired) electrons. The van der Waals surface area contributed by atoms with Crippen LogP contribution in [-0.2, 0) is 4.79 Å². The number of carboxylic acid groups (broad SMARTS) is 1. The fourth-order valence-corrected chi connectivity index (χ4v) is 1.45. The highest BCUT2D eigenvalue weighted by atomic mass is 35.5. The van der Waals surface area contributed by atoms with Crippen LogP contribution in [0.15, 0.2) is 18.2 Å². The van der Waals surface area contributed by atoms with Gasteiger partial charge in [0.15, 0.2) is 11.6 Å². The number of carbonyl (C=O) groups is 1. The standard InChI is InChI=1S/C10H9ClF2O2/c11-7(4-5-9(14)15)6-2-1-3-8(12)10(6)13/h1-3,7H,4-5H2,(H,14,15). The SMILES string of the molecule is O=C(O)CCC(Cl)c1cccc(F)c1F. The molecule has 0 aliphatic carbocycles. The van der Waals surface area contributed by atoms with Crippen molar-refractivity contribution < 1.29 is 18.7 Å². The van der Waals surface area contributed by atoms with Gasteiger partial charge in [-0.15, -0.1) is 11.6 Å². The summed E-state index contributed by atoms with van der Waals surface area (Å²) in [4.78, 5) is 10.3. The number of carboxylic acids is 1. The minimum atomic E-state index is -1.02. The summed E-state index contributed by atoms with van der Waals surface area (Å²) in [5.74, 6) is -3.01. The van der Waals surface area contributed by atoms with Crippen molar-refractivity contribution in [2.45, 2.75) is 18.2 Å². The van der Waals surface area contributed by atoms with Crippen molar-refractivity contribution >= 4 is 17.6 Å². The van der Waals surface area contributed by atoms with Crippen molar-refractivity contribution in [3.8, 4) is 0 Å². The Morgan fingerprint density at radius 3 is 2.73 bits per heavy atom. The minimum absolute atomic E-state index is 0.00193. The lowest BCUT2D eigenvalue weighted by molar-refractivity contribution is -0.137. The molecule has 0 spiro atoms. The lowest BCUT2D eigenvalue weighted by atomic mass is 10.1. The maximum Gasteiger partial charge on any atom is 0.303 e. The summed E-state index contributed by atoms with van der Waals surface area (Å²) in [5.41, 5.74) is -0.00193. The predicted octanol–water partition coefficient (Wildman–Crippen LogP) is 3.11. The second-order valence-electron chi connectivity index (χ2n) is 3.04. The van der Waals surface area contributed by atoms with E-state index in [0.717, 1.165) is 6.07 Å². The molecule has 5 heteroatoms. The van der Waals surface area contributed by atoms with Gasteiger partial charge >= 0.3 is 5.97 Å². The zero-order valence-corrected chi connectivity index (χ0v) is 8.47. The van der Waals surface area contributed by atoms with Crippen LogP contribution in [0.1, 0.15) is 23.8 Å². The van der Waals surface area contributed by atoms with E-state index in [1.165, 1.54) is 12.1 Å². The average Bonchev–Trinajstić information content (AvgIpc) is 2.18. The van der Waals surface area contributed by atoms with Crippen molar-refractivity contribution in [3.63, 3.8) is 0 Å². The zero-order chi connectivity index (χ0) is 11.4. The number of rotatable bonds is 4. The number of hydrogen-bond acceptors (Lipinski definition) is 1. The summed E-state index contributed by atoms with van der Waals surface area (Å²) in [6, 6.07) is 3.67. The first kappa shape index (κ1) is 11.9. The molecular weight excluding hydrogens is 226 g/mol. The number of halogens is 3. The van der Waals surface area contributed by atoms with Crippen molar-refractivity contribution in [3.05, 3.63) is 35.4 Å². The normalized spacial score (nSPS) is 12.5. The van der Waals surface area contributed by atoms with E-state index in [1.807, 2.05) is 0 Å². The first-order valence-corrected chi connectivity index (χ1v) is 4.75. The lowest BCUT2D eigenvalue weighted by Crippen LogP contribution is -2.01. The Kier molecular flexibility index (Phi) is 4.03. The Morgan fingerprint density at radius 2 is 2.13 bits per heavy atom. The fraction of sp³-hybridized carbons (Fsp3) is 0.300. The molecule has 15 heavy (non-hydrogen) atoms. The second-order valence-corrected chi connectivity index (χ2v) is 3.57. The Morgan fingerprint density at radius 1 is 1.47 bits per heavy atom. The van der Waals surface area contributed by atoms with E-state index < -0.39 is 23.0 Å². The third kappa shape index (κ3) is 3.16. The molecule has 0 fully saturated rings. The third-order valence-electron chi connectivity index (χ3n) is 1.93. The highest BCUT2D eigenvalue weighted by Crippen LogP contribution is 2.28. The minimum Gasteiger partial charge on any atom is -0.481 e. The molecule has 0 heterocycles. The molecule has 1 unspecified atom stereocenters. The molecule has 0 amide bonds. The van der Waals surface area contributed by atoms with Crippen LogP contribution in [0.25, 0.3) is 0 Å². The van der Waals surface area contributed by atoms with Gasteiger partial charge in [0.1, 0.15) is 0 Å². The molecule has 0 aromatic heterocycles. The molecule has 2 nitrogen and oxygen atoms in total. The summed E-state index contributed by atoms with van der Waals surface area (Å²) in [6.07, 6.45) is -0.110. The van der Waals surface area contributed by atoms with Crippen LogP contribution in [0.5, 0.6) is 0 Å². The summed E-state index contributed by atoms with van der Waals surface area (Å²) >= 11 is 5.76. The molecule has 0 aliphatic rings. The molecule has 1 aromatic carbocycles. The molecule has 1 N–H and O–H groups in total. The topological polar surface area (TPSA) is 37.3 Å². The van der Waals surface area contributed by atoms with Crippen LogP contribution in [0.3, 0.4) is 0 Å². The Hall–Kier alpha value is -1.16. The smallest absolute Gasteiger partial charge is 0.303 e. The van der Waals surface area contributed by atoms with Gasteiger partial charge in [-0.2, -0.15) is 0 Å². The Balaban J connectivity index is 2.77. The van der Waals surface area contributed by atoms with Gasteiger partial charge in [0, 0.05) is 12.0 Å². The van der Waals surface area contributed by atoms with Crippen LogP contribution in [0, 0.1) is 11.6 Å². The van der Waals surface area contributed by atoms with Gasteiger partial charge in [0.2, 0.25) is 0 Å². The van der Waals surface area contributed by atoms with E-state index in [-0.39, 0.29) is 18.4 Å². The molecule has 0 aliphatic heterocycles. The first-order chi connectivity index (χ1) is 7.02. The molecule has 1 rings (SSSR count). The van der Waals surface area contributed by atoms with Crippen molar-refractivity contribution in [2.75, 3.05) is 0 Å². The van der Waals surface area contributed by atoms with Crippen molar-refractivity contribution in [2.24, 2.45) is 0 Å². The largest absolute Gasteiger partial charge is 0.481 e. The van der Waals surface area contributed by atoms with Crippen LogP contribution in [0.4, 0.5) is 8.78 Å². The van der Waals surface area contributed by atoms with Crippen LogP contribution in [0.2, 0.25) is 0 Å². The molecule has 0 bridgehead atoms. The van der Waals surface area contributed by atoms with Crippen LogP contribution in [-0.4, -0.2) is 11.1 Å². The quantitative estimate of drug-likeness (QED) is 0.813. The van der Waals surface area contributed by atoms with Gasteiger partial charge < -0.3 is 5.11 Å². The zero-order valence-electron chi connectivity index (χ0n) is 7.71. The van der Waals surface area contributed by atoms with Gasteiger partial charge in [-0.05, 0) is 12.5 Å². The Labute approximate surface area is 90.5 Å². The Bertz CT molecular complexity index is 368. The summed E-state index contributed by atoms with van der Waals surface area (Å²) in [5, 5.41) is 7.58. The number of benzene rings is 1. The number of alkyl halides is 1. The average molecular weight is 235 g/mol. The molecule has 0 saturated heterocycles. The van der Waals surface area contributed by atoms with Crippen LogP contribution < -0.4 is 0 Å². The van der Waals surface area contributed by atoms with E-state index in [9.17, 15) is 13.6 Å². The maximum absolute atomic E-state index is 13.2. The molecule has 0 saturated carbocycles. The molecular formula is C10H9ClF2O2. The van der Waals surface area contributed by atoms with Gasteiger partial charge in [0.05, 0.1) is 5.38 Å². The number of hydrogen-bond donors (Lipinski definition) is 1. The molecule has 82 valence electrons. The molecule has 1 aromatic rings. The predicted molar refractivity (Wildman–Crippen MR) is 51.8 cm³/mol. The van der Waals surface area contributed by atoms with E-state index in [4.69, 9.17) is 16.7 Å². The van der Waals surface area contributed by atoms with Gasteiger partial charge in [-0.1, -0.05) is 12.1 Å². The van der Waals surface area contributed by atoms with E-state index in [2.05, 4.69) is 0 Å². The van der Waals surface area contributed by atoms with Gasteiger partial charge in [0.25, 0.3) is 0 Å². The second kappa shape index (κ2) is 5.07. The van der Waals surface area contributed by atoms with E-state index in [1.54, 1.807) is 0 Å². The van der Waals surface area contributed by atoms with Crippen LogP contribution >= 0.6 is 11.6 Å². The van der Waals surface area contributed by atoms with Crippen molar-refractivity contribution in [1.29, 1.82) is 0 Å². The van der Waals surface area contributed by atoms with Crippen molar-refractivity contribution in [1.82, 2.24) is 0 Å². The van der Waals surface area contributed by atoms with E-state index in [0.29, 0.717) is 0 Å². The first-order valence-electron chi connectivity index (χ1n) is 4.32. The van der Waals surface area contributed by atoms with E-state index >= 15 is 0 Å². The lowest BCUT2D eigenvalue weighted by Gasteiger charge is -2.09. The third-order valence-corrected chi connectivity index (χ3v) is 2.38. The van der Waals surface area contributed by atoms with Gasteiger partial charge in [-0.25, -0.2) is 8.78 Å². The highest BCUT2D eigenvalue weighted by Gasteiger charge is 2.16. The monoisotopic (exact) mass is 234 g/mol. The molecule has 1 atom stereocenters. The highest BCUT2D eigenvalue weighted by molar-refractivity contribution is 6.20.